The van der Waals surface area contributed by atoms with E-state index >= 15 is 0 Å². The first-order valence-corrected chi connectivity index (χ1v) is 20.7. The van der Waals surface area contributed by atoms with Crippen LogP contribution in [0.5, 0.6) is 0 Å². The average molecular weight is 686 g/mol. The monoisotopic (exact) mass is 685 g/mol. The molecule has 0 amide bonds. The van der Waals surface area contributed by atoms with Crippen LogP contribution in [0.4, 0.5) is 17.1 Å². The van der Waals surface area contributed by atoms with Crippen molar-refractivity contribution in [3.05, 3.63) is 162 Å². The topological polar surface area (TPSA) is 3.24 Å². The maximum atomic E-state index is 2.67. The van der Waals surface area contributed by atoms with Crippen LogP contribution < -0.4 is 4.90 Å². The van der Waals surface area contributed by atoms with E-state index in [1.54, 1.807) is 22.3 Å². The smallest absolute Gasteiger partial charge is 0.0465 e. The predicted octanol–water partition coefficient (Wildman–Crippen LogP) is 13.8. The average Bonchev–Trinajstić information content (AvgIpc) is 3.64. The molecule has 6 aromatic carbocycles. The summed E-state index contributed by atoms with van der Waals surface area (Å²) < 4.78 is 0. The lowest BCUT2D eigenvalue weighted by Gasteiger charge is -2.61. The summed E-state index contributed by atoms with van der Waals surface area (Å²) in [5, 5.41) is 0. The van der Waals surface area contributed by atoms with Crippen molar-refractivity contribution >= 4 is 17.1 Å². The molecule has 13 rings (SSSR count). The van der Waals surface area contributed by atoms with Crippen LogP contribution in [-0.2, 0) is 10.8 Å². The zero-order chi connectivity index (χ0) is 34.7. The number of rotatable bonds is 4. The molecule has 1 nitrogen and oxygen atoms in total. The third-order valence-corrected chi connectivity index (χ3v) is 15.2. The standard InChI is InChI=1S/C52H47N/c1-3-11-36(12-4-1)37-17-19-40(20-18-37)53(41-21-23-45-43-13-5-7-15-47(43)51(49(45)32-41)25-9-2-10-26-51)42-22-24-46-44-14-6-8-16-48(44)52(50(46)33-42)38-28-34-27-35(30-38)31-39(52)29-34/h1,3-8,11-24,32-35,38-39H,2,9-10,25-31H2. The van der Waals surface area contributed by atoms with Crippen molar-refractivity contribution in [2.75, 3.05) is 4.90 Å². The Morgan fingerprint density at radius 2 is 0.906 bits per heavy atom. The molecule has 0 aliphatic heterocycles. The minimum absolute atomic E-state index is 0.118. The van der Waals surface area contributed by atoms with Crippen molar-refractivity contribution in [2.24, 2.45) is 23.7 Å². The van der Waals surface area contributed by atoms with Crippen LogP contribution in [0, 0.1) is 23.7 Å². The molecule has 2 spiro atoms. The summed E-state index contributed by atoms with van der Waals surface area (Å²) in [4.78, 5) is 2.60. The van der Waals surface area contributed by atoms with Crippen molar-refractivity contribution in [3.8, 4) is 33.4 Å². The van der Waals surface area contributed by atoms with Crippen molar-refractivity contribution < 1.29 is 0 Å². The van der Waals surface area contributed by atoms with Crippen LogP contribution in [0.3, 0.4) is 0 Å². The van der Waals surface area contributed by atoms with Gasteiger partial charge >= 0.3 is 0 Å². The van der Waals surface area contributed by atoms with Gasteiger partial charge in [-0.2, -0.15) is 0 Å². The summed E-state index contributed by atoms with van der Waals surface area (Å²) >= 11 is 0. The third-order valence-electron chi connectivity index (χ3n) is 15.2. The molecule has 0 heterocycles. The molecule has 5 fully saturated rings. The van der Waals surface area contributed by atoms with Gasteiger partial charge in [0.2, 0.25) is 0 Å². The number of benzene rings is 6. The Labute approximate surface area is 314 Å². The fraction of sp³-hybridized carbons (Fsp3) is 0.308. The molecule has 4 bridgehead atoms. The molecule has 260 valence electrons. The Morgan fingerprint density at radius 3 is 1.58 bits per heavy atom. The van der Waals surface area contributed by atoms with E-state index in [9.17, 15) is 0 Å². The Balaban J connectivity index is 1.05. The number of nitrogens with zero attached hydrogens (tertiary/aromatic N) is 1. The van der Waals surface area contributed by atoms with E-state index in [0.29, 0.717) is 0 Å². The molecule has 0 atom stereocenters. The van der Waals surface area contributed by atoms with Gasteiger partial charge in [-0.05, 0) is 161 Å². The molecule has 0 N–H and O–H groups in total. The van der Waals surface area contributed by atoms with Crippen LogP contribution in [-0.4, -0.2) is 0 Å². The van der Waals surface area contributed by atoms with Gasteiger partial charge in [0.05, 0.1) is 0 Å². The Hall–Kier alpha value is -4.88. The molecule has 5 saturated carbocycles. The highest BCUT2D eigenvalue weighted by atomic mass is 15.1. The lowest BCUT2D eigenvalue weighted by molar-refractivity contribution is -0.0399. The Morgan fingerprint density at radius 1 is 0.396 bits per heavy atom. The second-order valence-electron chi connectivity index (χ2n) is 17.6. The fourth-order valence-electron chi connectivity index (χ4n) is 13.4. The van der Waals surface area contributed by atoms with E-state index in [-0.39, 0.29) is 10.8 Å². The summed E-state index contributed by atoms with van der Waals surface area (Å²) in [5.41, 5.74) is 18.8. The summed E-state index contributed by atoms with van der Waals surface area (Å²) in [5.74, 6) is 3.37. The molecular weight excluding hydrogens is 639 g/mol. The first kappa shape index (κ1) is 30.6. The van der Waals surface area contributed by atoms with Gasteiger partial charge in [-0.1, -0.05) is 122 Å². The van der Waals surface area contributed by atoms with Crippen molar-refractivity contribution in [1.82, 2.24) is 0 Å². The second kappa shape index (κ2) is 11.3. The summed E-state index contributed by atoms with van der Waals surface area (Å²) in [6.07, 6.45) is 13.6. The maximum absolute atomic E-state index is 2.67. The third kappa shape index (κ3) is 4.20. The van der Waals surface area contributed by atoms with Gasteiger partial charge in [0.25, 0.3) is 0 Å². The van der Waals surface area contributed by atoms with Gasteiger partial charge in [0.15, 0.2) is 0 Å². The van der Waals surface area contributed by atoms with E-state index in [1.165, 1.54) is 115 Å². The summed E-state index contributed by atoms with van der Waals surface area (Å²) in [6.45, 7) is 0. The highest BCUT2D eigenvalue weighted by Gasteiger charge is 2.61. The lowest BCUT2D eigenvalue weighted by Crippen LogP contribution is -2.55. The number of hydrogen-bond donors (Lipinski definition) is 0. The van der Waals surface area contributed by atoms with Crippen molar-refractivity contribution in [2.45, 2.75) is 75.0 Å². The maximum Gasteiger partial charge on any atom is 0.0465 e. The molecule has 0 unspecified atom stereocenters. The minimum atomic E-state index is 0.118. The highest BCUT2D eigenvalue weighted by Crippen LogP contribution is 2.69. The molecule has 53 heavy (non-hydrogen) atoms. The fourth-order valence-corrected chi connectivity index (χ4v) is 13.4. The zero-order valence-corrected chi connectivity index (χ0v) is 30.6. The zero-order valence-electron chi connectivity index (χ0n) is 30.6. The summed E-state index contributed by atoms with van der Waals surface area (Å²) in [7, 11) is 0. The van der Waals surface area contributed by atoms with E-state index in [1.807, 2.05) is 0 Å². The molecular formula is C52H47N. The van der Waals surface area contributed by atoms with Crippen LogP contribution in [0.1, 0.15) is 86.5 Å². The lowest BCUT2D eigenvalue weighted by atomic mass is 9.43. The van der Waals surface area contributed by atoms with Crippen molar-refractivity contribution in [3.63, 3.8) is 0 Å². The van der Waals surface area contributed by atoms with Gasteiger partial charge in [-0.3, -0.25) is 0 Å². The van der Waals surface area contributed by atoms with Crippen LogP contribution in [0.15, 0.2) is 140 Å². The largest absolute Gasteiger partial charge is 0.310 e. The molecule has 0 saturated heterocycles. The predicted molar refractivity (Wildman–Crippen MR) is 219 cm³/mol. The molecule has 7 aliphatic rings. The normalized spacial score (nSPS) is 26.3. The quantitative estimate of drug-likeness (QED) is 0.179. The van der Waals surface area contributed by atoms with Crippen LogP contribution in [0.2, 0.25) is 0 Å². The molecule has 1 heteroatoms. The number of hydrogen-bond acceptors (Lipinski definition) is 1. The first-order chi connectivity index (χ1) is 26.2. The molecule has 0 radical (unpaired) electrons. The Bertz CT molecular complexity index is 2370. The van der Waals surface area contributed by atoms with E-state index in [0.717, 1.165) is 23.7 Å². The van der Waals surface area contributed by atoms with E-state index in [4.69, 9.17) is 0 Å². The van der Waals surface area contributed by atoms with E-state index < -0.39 is 0 Å². The minimum Gasteiger partial charge on any atom is -0.310 e. The van der Waals surface area contributed by atoms with Gasteiger partial charge in [-0.25, -0.2) is 0 Å². The van der Waals surface area contributed by atoms with Crippen molar-refractivity contribution in [1.29, 1.82) is 0 Å². The SMILES string of the molecule is c1ccc(-c2ccc(N(c3ccc4c(c3)C3(CCCCC3)c3ccccc3-4)c3ccc4c(c3)C3(c5ccccc5-4)C4CC5CC(C4)CC3C5)cc2)cc1. The van der Waals surface area contributed by atoms with Gasteiger partial charge in [-0.15, -0.1) is 0 Å². The second-order valence-corrected chi connectivity index (χ2v) is 17.6. The Kier molecular flexibility index (Phi) is 6.53. The van der Waals surface area contributed by atoms with Crippen LogP contribution >= 0.6 is 0 Å². The van der Waals surface area contributed by atoms with Crippen LogP contribution in [0.25, 0.3) is 33.4 Å². The van der Waals surface area contributed by atoms with Gasteiger partial charge < -0.3 is 4.90 Å². The first-order valence-electron chi connectivity index (χ1n) is 20.7. The number of fused-ring (bicyclic) bond motifs is 8. The van der Waals surface area contributed by atoms with Gasteiger partial charge in [0, 0.05) is 27.9 Å². The summed E-state index contributed by atoms with van der Waals surface area (Å²) in [6, 6.07) is 54.1. The highest BCUT2D eigenvalue weighted by molar-refractivity contribution is 5.89. The number of anilines is 3. The van der Waals surface area contributed by atoms with Gasteiger partial charge in [0.1, 0.15) is 0 Å². The van der Waals surface area contributed by atoms with E-state index in [2.05, 4.69) is 144 Å². The molecule has 7 aliphatic carbocycles. The molecule has 0 aromatic heterocycles. The molecule has 6 aromatic rings.